The summed E-state index contributed by atoms with van der Waals surface area (Å²) in [7, 11) is 0. The molecule has 0 aromatic carbocycles. The molecule has 2 atom stereocenters. The van der Waals surface area contributed by atoms with Crippen LogP contribution in [0.5, 0.6) is 0 Å². The van der Waals surface area contributed by atoms with Gasteiger partial charge in [-0.25, -0.2) is 0 Å². The number of ether oxygens (including phenoxy) is 1. The van der Waals surface area contributed by atoms with Crippen LogP contribution in [0.1, 0.15) is 27.7 Å². The van der Waals surface area contributed by atoms with Crippen LogP contribution in [0.2, 0.25) is 0 Å². The van der Waals surface area contributed by atoms with E-state index in [1.54, 1.807) is 0 Å². The Morgan fingerprint density at radius 2 is 2.17 bits per heavy atom. The Balaban J connectivity index is 4.05. The molecule has 0 saturated carbocycles. The zero-order chi connectivity index (χ0) is 9.56. The molecular formula is C9H20N2O. The Hall–Kier alpha value is -0.380. The first-order valence-corrected chi connectivity index (χ1v) is 4.34. The number of hydrazine groups is 1. The number of nitrogens with two attached hydrogens (primary N) is 1. The first-order chi connectivity index (χ1) is 5.61. The Morgan fingerprint density at radius 1 is 1.58 bits per heavy atom. The van der Waals surface area contributed by atoms with E-state index in [4.69, 9.17) is 10.6 Å². The van der Waals surface area contributed by atoms with Crippen molar-refractivity contribution < 1.29 is 4.74 Å². The third kappa shape index (κ3) is 4.49. The molecule has 0 fully saturated rings. The van der Waals surface area contributed by atoms with Gasteiger partial charge in [-0.15, -0.1) is 0 Å². The predicted octanol–water partition coefficient (Wildman–Crippen LogP) is 1.21. The van der Waals surface area contributed by atoms with E-state index in [1.165, 1.54) is 5.57 Å². The van der Waals surface area contributed by atoms with Gasteiger partial charge in [-0.1, -0.05) is 11.6 Å². The quantitative estimate of drug-likeness (QED) is 0.372. The van der Waals surface area contributed by atoms with Gasteiger partial charge in [0.05, 0.1) is 12.1 Å². The van der Waals surface area contributed by atoms with Gasteiger partial charge in [0.15, 0.2) is 0 Å². The second kappa shape index (κ2) is 6.17. The summed E-state index contributed by atoms with van der Waals surface area (Å²) in [6, 6.07) is 0.106. The van der Waals surface area contributed by atoms with Crippen molar-refractivity contribution in [1.82, 2.24) is 5.43 Å². The lowest BCUT2D eigenvalue weighted by molar-refractivity contribution is 0.0591. The molecular weight excluding hydrogens is 152 g/mol. The van der Waals surface area contributed by atoms with Crippen LogP contribution in [0.3, 0.4) is 0 Å². The zero-order valence-electron chi connectivity index (χ0n) is 8.42. The minimum atomic E-state index is 0.106. The maximum Gasteiger partial charge on any atom is 0.0748 e. The van der Waals surface area contributed by atoms with Gasteiger partial charge in [0.1, 0.15) is 0 Å². The molecule has 0 aliphatic heterocycles. The summed E-state index contributed by atoms with van der Waals surface area (Å²) in [4.78, 5) is 0. The van der Waals surface area contributed by atoms with Crippen molar-refractivity contribution in [3.05, 3.63) is 11.6 Å². The SMILES string of the molecule is CCOC(C)C(C=C(C)C)NN. The van der Waals surface area contributed by atoms with Crippen LogP contribution in [-0.2, 0) is 4.74 Å². The molecule has 0 saturated heterocycles. The fourth-order valence-electron chi connectivity index (χ4n) is 1.04. The average molecular weight is 172 g/mol. The third-order valence-electron chi connectivity index (χ3n) is 1.64. The van der Waals surface area contributed by atoms with Crippen molar-refractivity contribution in [2.75, 3.05) is 6.61 Å². The normalized spacial score (nSPS) is 15.4. The van der Waals surface area contributed by atoms with Gasteiger partial charge in [-0.2, -0.15) is 0 Å². The molecule has 0 aromatic heterocycles. The summed E-state index contributed by atoms with van der Waals surface area (Å²) in [6.45, 7) is 8.79. The van der Waals surface area contributed by atoms with E-state index in [2.05, 4.69) is 11.5 Å². The molecule has 3 heteroatoms. The van der Waals surface area contributed by atoms with Crippen LogP contribution >= 0.6 is 0 Å². The summed E-state index contributed by atoms with van der Waals surface area (Å²) in [6.07, 6.45) is 2.19. The van der Waals surface area contributed by atoms with Crippen LogP contribution < -0.4 is 11.3 Å². The molecule has 2 unspecified atom stereocenters. The molecule has 0 bridgehead atoms. The van der Waals surface area contributed by atoms with Crippen molar-refractivity contribution in [3.8, 4) is 0 Å². The molecule has 12 heavy (non-hydrogen) atoms. The van der Waals surface area contributed by atoms with E-state index in [0.29, 0.717) is 0 Å². The van der Waals surface area contributed by atoms with Crippen LogP contribution in [0.25, 0.3) is 0 Å². The number of hydrogen-bond donors (Lipinski definition) is 2. The summed E-state index contributed by atoms with van der Waals surface area (Å²) in [5.41, 5.74) is 3.96. The van der Waals surface area contributed by atoms with Crippen LogP contribution in [0, 0.1) is 0 Å². The Morgan fingerprint density at radius 3 is 2.50 bits per heavy atom. The van der Waals surface area contributed by atoms with E-state index < -0.39 is 0 Å². The molecule has 0 rings (SSSR count). The third-order valence-corrected chi connectivity index (χ3v) is 1.64. The topological polar surface area (TPSA) is 47.3 Å². The van der Waals surface area contributed by atoms with Gasteiger partial charge < -0.3 is 4.74 Å². The maximum absolute atomic E-state index is 5.41. The van der Waals surface area contributed by atoms with Gasteiger partial charge in [0, 0.05) is 6.61 Å². The largest absolute Gasteiger partial charge is 0.377 e. The summed E-state index contributed by atoms with van der Waals surface area (Å²) in [5.74, 6) is 5.38. The summed E-state index contributed by atoms with van der Waals surface area (Å²) >= 11 is 0. The van der Waals surface area contributed by atoms with E-state index in [-0.39, 0.29) is 12.1 Å². The van der Waals surface area contributed by atoms with Gasteiger partial charge in [-0.3, -0.25) is 11.3 Å². The van der Waals surface area contributed by atoms with Crippen molar-refractivity contribution >= 4 is 0 Å². The highest BCUT2D eigenvalue weighted by atomic mass is 16.5. The Labute approximate surface area is 74.9 Å². The highest BCUT2D eigenvalue weighted by molar-refractivity contribution is 5.02. The lowest BCUT2D eigenvalue weighted by atomic mass is 10.1. The van der Waals surface area contributed by atoms with Gasteiger partial charge in [-0.05, 0) is 27.7 Å². The van der Waals surface area contributed by atoms with Crippen LogP contribution in [0.15, 0.2) is 11.6 Å². The number of nitrogens with one attached hydrogen (secondary N) is 1. The predicted molar refractivity (Wildman–Crippen MR) is 51.6 cm³/mol. The second-order valence-corrected chi connectivity index (χ2v) is 3.10. The zero-order valence-corrected chi connectivity index (χ0v) is 8.42. The molecule has 72 valence electrons. The molecule has 3 N–H and O–H groups in total. The minimum absolute atomic E-state index is 0.106. The molecule has 0 amide bonds. The van der Waals surface area contributed by atoms with Crippen molar-refractivity contribution in [3.63, 3.8) is 0 Å². The molecule has 0 aromatic rings. The summed E-state index contributed by atoms with van der Waals surface area (Å²) in [5, 5.41) is 0. The van der Waals surface area contributed by atoms with E-state index >= 15 is 0 Å². The van der Waals surface area contributed by atoms with E-state index in [0.717, 1.165) is 6.61 Å². The standard InChI is InChI=1S/C9H20N2O/c1-5-12-8(4)9(11-10)6-7(2)3/h6,8-9,11H,5,10H2,1-4H3. The molecule has 3 nitrogen and oxygen atoms in total. The Bertz CT molecular complexity index is 141. The van der Waals surface area contributed by atoms with Gasteiger partial charge >= 0.3 is 0 Å². The average Bonchev–Trinajstić information content (AvgIpc) is 2.00. The monoisotopic (exact) mass is 172 g/mol. The van der Waals surface area contributed by atoms with E-state index in [1.807, 2.05) is 27.7 Å². The molecule has 0 aliphatic carbocycles. The van der Waals surface area contributed by atoms with Crippen molar-refractivity contribution in [1.29, 1.82) is 0 Å². The smallest absolute Gasteiger partial charge is 0.0748 e. The first-order valence-electron chi connectivity index (χ1n) is 4.34. The van der Waals surface area contributed by atoms with Crippen molar-refractivity contribution in [2.24, 2.45) is 5.84 Å². The molecule has 0 aliphatic rings. The van der Waals surface area contributed by atoms with Crippen molar-refractivity contribution in [2.45, 2.75) is 39.8 Å². The number of allylic oxidation sites excluding steroid dienone is 1. The lowest BCUT2D eigenvalue weighted by Crippen LogP contribution is -2.42. The first kappa shape index (κ1) is 11.6. The lowest BCUT2D eigenvalue weighted by Gasteiger charge is -2.20. The number of hydrogen-bond acceptors (Lipinski definition) is 3. The van der Waals surface area contributed by atoms with Gasteiger partial charge in [0.2, 0.25) is 0 Å². The summed E-state index contributed by atoms with van der Waals surface area (Å²) < 4.78 is 5.41. The molecule has 0 radical (unpaired) electrons. The van der Waals surface area contributed by atoms with E-state index in [9.17, 15) is 0 Å². The van der Waals surface area contributed by atoms with Crippen LogP contribution in [-0.4, -0.2) is 18.8 Å². The fourth-order valence-corrected chi connectivity index (χ4v) is 1.04. The minimum Gasteiger partial charge on any atom is -0.377 e. The maximum atomic E-state index is 5.41. The highest BCUT2D eigenvalue weighted by Crippen LogP contribution is 2.02. The second-order valence-electron chi connectivity index (χ2n) is 3.10. The van der Waals surface area contributed by atoms with Gasteiger partial charge in [0.25, 0.3) is 0 Å². The fraction of sp³-hybridized carbons (Fsp3) is 0.778. The molecule has 0 heterocycles. The highest BCUT2D eigenvalue weighted by Gasteiger charge is 2.12. The Kier molecular flexibility index (Phi) is 5.98. The number of rotatable bonds is 5. The van der Waals surface area contributed by atoms with Crippen LogP contribution in [0.4, 0.5) is 0 Å². The molecule has 0 spiro atoms.